The van der Waals surface area contributed by atoms with E-state index in [1.807, 2.05) is 0 Å². The van der Waals surface area contributed by atoms with Crippen LogP contribution in [-0.2, 0) is 9.53 Å². The van der Waals surface area contributed by atoms with Gasteiger partial charge >= 0.3 is 0 Å². The lowest BCUT2D eigenvalue weighted by atomic mass is 10.3. The quantitative estimate of drug-likeness (QED) is 0.748. The van der Waals surface area contributed by atoms with Crippen molar-refractivity contribution in [1.29, 1.82) is 0 Å². The minimum Gasteiger partial charge on any atom is -0.385 e. The molecule has 0 heterocycles. The molecule has 6 heteroatoms. The zero-order chi connectivity index (χ0) is 13.4. The fourth-order valence-electron chi connectivity index (χ4n) is 1.32. The van der Waals surface area contributed by atoms with Gasteiger partial charge in [0.2, 0.25) is 5.91 Å². The van der Waals surface area contributed by atoms with Crippen LogP contribution in [0.3, 0.4) is 0 Å². The summed E-state index contributed by atoms with van der Waals surface area (Å²) in [5, 5.41) is 5.81. The molecule has 1 rings (SSSR count). The molecule has 0 saturated carbocycles. The van der Waals surface area contributed by atoms with Crippen molar-refractivity contribution in [2.75, 3.05) is 32.1 Å². The molecule has 100 valence electrons. The van der Waals surface area contributed by atoms with E-state index in [0.29, 0.717) is 18.8 Å². The Hall–Kier alpha value is -1.33. The second-order valence-electron chi connectivity index (χ2n) is 3.67. The maximum atomic E-state index is 12.8. The molecule has 1 amide bonds. The number of methoxy groups -OCH3 is 1. The monoisotopic (exact) mass is 274 g/mol. The van der Waals surface area contributed by atoms with Gasteiger partial charge in [0.05, 0.1) is 17.3 Å². The highest BCUT2D eigenvalue weighted by Crippen LogP contribution is 2.21. The molecule has 1 aromatic carbocycles. The SMILES string of the molecule is COCCCNC(=O)CNc1ccc(F)cc1Cl. The summed E-state index contributed by atoms with van der Waals surface area (Å²) in [6.45, 7) is 1.27. The van der Waals surface area contributed by atoms with E-state index in [1.165, 1.54) is 18.2 Å². The lowest BCUT2D eigenvalue weighted by molar-refractivity contribution is -0.119. The first kappa shape index (κ1) is 14.7. The molecular weight excluding hydrogens is 259 g/mol. The number of hydrogen-bond acceptors (Lipinski definition) is 3. The standard InChI is InChI=1S/C12H16ClFN2O2/c1-18-6-2-5-15-12(17)8-16-11-4-3-9(14)7-10(11)13/h3-4,7,16H,2,5-6,8H2,1H3,(H,15,17). The van der Waals surface area contributed by atoms with Crippen LogP contribution in [0.4, 0.5) is 10.1 Å². The first-order valence-electron chi connectivity index (χ1n) is 5.58. The fourth-order valence-corrected chi connectivity index (χ4v) is 1.55. The Balaban J connectivity index is 2.29. The van der Waals surface area contributed by atoms with Crippen LogP contribution in [0.25, 0.3) is 0 Å². The molecule has 0 spiro atoms. The minimum atomic E-state index is -0.408. The number of halogens is 2. The van der Waals surface area contributed by atoms with E-state index in [4.69, 9.17) is 16.3 Å². The summed E-state index contributed by atoms with van der Waals surface area (Å²) < 4.78 is 17.6. The second kappa shape index (κ2) is 7.89. The van der Waals surface area contributed by atoms with Gasteiger partial charge in [-0.15, -0.1) is 0 Å². The molecule has 2 N–H and O–H groups in total. The van der Waals surface area contributed by atoms with E-state index in [0.717, 1.165) is 6.42 Å². The Morgan fingerprint density at radius 1 is 1.50 bits per heavy atom. The lowest BCUT2D eigenvalue weighted by Crippen LogP contribution is -2.31. The topological polar surface area (TPSA) is 50.4 Å². The third-order valence-electron chi connectivity index (χ3n) is 2.22. The summed E-state index contributed by atoms with van der Waals surface area (Å²) in [5.41, 5.74) is 0.533. The van der Waals surface area contributed by atoms with Gasteiger partial charge in [0.15, 0.2) is 0 Å². The van der Waals surface area contributed by atoms with Crippen LogP contribution in [0.1, 0.15) is 6.42 Å². The number of nitrogens with one attached hydrogen (secondary N) is 2. The highest BCUT2D eigenvalue weighted by molar-refractivity contribution is 6.33. The van der Waals surface area contributed by atoms with Gasteiger partial charge in [-0.05, 0) is 24.6 Å². The first-order valence-corrected chi connectivity index (χ1v) is 5.96. The van der Waals surface area contributed by atoms with Gasteiger partial charge < -0.3 is 15.4 Å². The van der Waals surface area contributed by atoms with Crippen molar-refractivity contribution in [3.8, 4) is 0 Å². The Labute approximate surface area is 110 Å². The molecule has 4 nitrogen and oxygen atoms in total. The number of carbonyl (C=O) groups is 1. The van der Waals surface area contributed by atoms with Gasteiger partial charge in [0, 0.05) is 20.3 Å². The maximum absolute atomic E-state index is 12.8. The largest absolute Gasteiger partial charge is 0.385 e. The Kier molecular flexibility index (Phi) is 6.46. The van der Waals surface area contributed by atoms with Crippen molar-refractivity contribution < 1.29 is 13.9 Å². The molecule has 0 aliphatic rings. The summed E-state index contributed by atoms with van der Waals surface area (Å²) in [6, 6.07) is 3.97. The van der Waals surface area contributed by atoms with E-state index >= 15 is 0 Å². The zero-order valence-electron chi connectivity index (χ0n) is 10.1. The van der Waals surface area contributed by atoms with Crippen molar-refractivity contribution >= 4 is 23.2 Å². The third-order valence-corrected chi connectivity index (χ3v) is 2.53. The van der Waals surface area contributed by atoms with Crippen LogP contribution < -0.4 is 10.6 Å². The van der Waals surface area contributed by atoms with E-state index in [2.05, 4.69) is 10.6 Å². The summed E-state index contributed by atoms with van der Waals surface area (Å²) >= 11 is 5.81. The Bertz CT molecular complexity index is 402. The van der Waals surface area contributed by atoms with E-state index < -0.39 is 5.82 Å². The number of anilines is 1. The van der Waals surface area contributed by atoms with Crippen LogP contribution in [-0.4, -0.2) is 32.7 Å². The average molecular weight is 275 g/mol. The highest BCUT2D eigenvalue weighted by Gasteiger charge is 2.04. The predicted octanol–water partition coefficient (Wildman–Crippen LogP) is 2.04. The van der Waals surface area contributed by atoms with Crippen LogP contribution >= 0.6 is 11.6 Å². The van der Waals surface area contributed by atoms with Gasteiger partial charge in [-0.1, -0.05) is 11.6 Å². The lowest BCUT2D eigenvalue weighted by Gasteiger charge is -2.09. The number of hydrogen-bond donors (Lipinski definition) is 2. The predicted molar refractivity (Wildman–Crippen MR) is 69.4 cm³/mol. The number of benzene rings is 1. The molecule has 0 aromatic heterocycles. The number of ether oxygens (including phenoxy) is 1. The molecule has 0 radical (unpaired) electrons. The van der Waals surface area contributed by atoms with Gasteiger partial charge in [-0.2, -0.15) is 0 Å². The summed E-state index contributed by atoms with van der Waals surface area (Å²) in [4.78, 5) is 11.4. The van der Waals surface area contributed by atoms with E-state index in [1.54, 1.807) is 7.11 Å². The van der Waals surface area contributed by atoms with E-state index in [-0.39, 0.29) is 17.5 Å². The Morgan fingerprint density at radius 2 is 2.28 bits per heavy atom. The molecule has 0 unspecified atom stereocenters. The summed E-state index contributed by atoms with van der Waals surface area (Å²) in [7, 11) is 1.61. The maximum Gasteiger partial charge on any atom is 0.239 e. The van der Waals surface area contributed by atoms with Crippen LogP contribution in [0.15, 0.2) is 18.2 Å². The number of amides is 1. The van der Waals surface area contributed by atoms with Crippen molar-refractivity contribution in [2.45, 2.75) is 6.42 Å². The zero-order valence-corrected chi connectivity index (χ0v) is 10.9. The van der Waals surface area contributed by atoms with Crippen molar-refractivity contribution in [1.82, 2.24) is 5.32 Å². The molecule has 1 aromatic rings. The molecule has 0 aliphatic heterocycles. The highest BCUT2D eigenvalue weighted by atomic mass is 35.5. The smallest absolute Gasteiger partial charge is 0.239 e. The first-order chi connectivity index (χ1) is 8.63. The summed E-state index contributed by atoms with van der Waals surface area (Å²) in [5.74, 6) is -0.555. The molecule has 18 heavy (non-hydrogen) atoms. The molecule has 0 saturated heterocycles. The average Bonchev–Trinajstić information content (AvgIpc) is 2.33. The fraction of sp³-hybridized carbons (Fsp3) is 0.417. The van der Waals surface area contributed by atoms with Crippen molar-refractivity contribution in [2.24, 2.45) is 0 Å². The number of rotatable bonds is 7. The normalized spacial score (nSPS) is 10.2. The van der Waals surface area contributed by atoms with Crippen molar-refractivity contribution in [3.63, 3.8) is 0 Å². The third kappa shape index (κ3) is 5.33. The molecular formula is C12H16ClFN2O2. The molecule has 0 fully saturated rings. The van der Waals surface area contributed by atoms with Gasteiger partial charge in [0.25, 0.3) is 0 Å². The van der Waals surface area contributed by atoms with Crippen LogP contribution in [0, 0.1) is 5.82 Å². The van der Waals surface area contributed by atoms with E-state index in [9.17, 15) is 9.18 Å². The summed E-state index contributed by atoms with van der Waals surface area (Å²) in [6.07, 6.45) is 0.763. The minimum absolute atomic E-state index is 0.0956. The van der Waals surface area contributed by atoms with Crippen molar-refractivity contribution in [3.05, 3.63) is 29.0 Å². The van der Waals surface area contributed by atoms with Crippen LogP contribution in [0.5, 0.6) is 0 Å². The van der Waals surface area contributed by atoms with Crippen LogP contribution in [0.2, 0.25) is 5.02 Å². The second-order valence-corrected chi connectivity index (χ2v) is 4.08. The van der Waals surface area contributed by atoms with Gasteiger partial charge in [-0.25, -0.2) is 4.39 Å². The molecule has 0 aliphatic carbocycles. The Morgan fingerprint density at radius 3 is 2.94 bits per heavy atom. The van der Waals surface area contributed by atoms with Gasteiger partial charge in [0.1, 0.15) is 5.82 Å². The number of carbonyl (C=O) groups excluding carboxylic acids is 1. The van der Waals surface area contributed by atoms with Gasteiger partial charge in [-0.3, -0.25) is 4.79 Å². The molecule has 0 atom stereocenters. The molecule has 0 bridgehead atoms.